The van der Waals surface area contributed by atoms with Crippen molar-refractivity contribution in [1.82, 2.24) is 20.3 Å². The van der Waals surface area contributed by atoms with E-state index in [-0.39, 0.29) is 6.04 Å². The third-order valence-electron chi connectivity index (χ3n) is 10.6. The maximum absolute atomic E-state index is 5.14. The number of aromatic nitrogens is 3. The number of aliphatic imine (C=N–C) groups is 1. The third kappa shape index (κ3) is 6.97. The van der Waals surface area contributed by atoms with Crippen LogP contribution in [0.3, 0.4) is 0 Å². The Morgan fingerprint density at radius 3 is 1.43 bits per heavy atom. The summed E-state index contributed by atoms with van der Waals surface area (Å²) in [5.74, 6) is 2.78. The van der Waals surface area contributed by atoms with Gasteiger partial charge in [0.25, 0.3) is 0 Å². The second kappa shape index (κ2) is 15.4. The average Bonchev–Trinajstić information content (AvgIpc) is 3.32. The molecule has 1 N–H and O–H groups in total. The van der Waals surface area contributed by atoms with Crippen molar-refractivity contribution in [3.8, 4) is 56.4 Å². The minimum Gasteiger partial charge on any atom is -0.359 e. The maximum atomic E-state index is 5.14. The molecule has 9 aromatic rings. The maximum Gasteiger partial charge on any atom is 0.164 e. The molecule has 0 aliphatic carbocycles. The SMILES string of the molecule is C1=C(c2ccc(-c3ccc4ccccc4c3-c3ccc(-c4nc(-c5ccccc5)nc(-c5ccccc5)n4)cc3)cc2)N=C(c2ccccc2)NC1c1ccccc1. The normalized spacial score (nSPS) is 13.7. The van der Waals surface area contributed by atoms with E-state index in [9.17, 15) is 0 Å². The van der Waals surface area contributed by atoms with Gasteiger partial charge in [-0.15, -0.1) is 0 Å². The van der Waals surface area contributed by atoms with Crippen LogP contribution in [0.4, 0.5) is 0 Å². The first-order chi connectivity index (χ1) is 28.7. The van der Waals surface area contributed by atoms with Gasteiger partial charge in [-0.1, -0.05) is 206 Å². The smallest absolute Gasteiger partial charge is 0.164 e. The van der Waals surface area contributed by atoms with Crippen molar-refractivity contribution in [1.29, 1.82) is 0 Å². The minimum absolute atomic E-state index is 0.00829. The van der Waals surface area contributed by atoms with Gasteiger partial charge in [-0.05, 0) is 50.2 Å². The summed E-state index contributed by atoms with van der Waals surface area (Å²) in [6, 6.07) is 71.5. The number of hydrogen-bond acceptors (Lipinski definition) is 5. The quantitative estimate of drug-likeness (QED) is 0.168. The summed E-state index contributed by atoms with van der Waals surface area (Å²) < 4.78 is 0. The summed E-state index contributed by atoms with van der Waals surface area (Å²) in [6.07, 6.45) is 2.22. The Kier molecular flexibility index (Phi) is 9.22. The van der Waals surface area contributed by atoms with E-state index in [1.807, 2.05) is 66.7 Å². The molecule has 5 nitrogen and oxygen atoms in total. The van der Waals surface area contributed by atoms with Gasteiger partial charge >= 0.3 is 0 Å². The van der Waals surface area contributed by atoms with E-state index in [4.69, 9.17) is 19.9 Å². The fraction of sp³-hybridized carbons (Fsp3) is 0.0189. The Hall–Kier alpha value is -7.76. The van der Waals surface area contributed by atoms with Crippen molar-refractivity contribution in [3.63, 3.8) is 0 Å². The predicted molar refractivity (Wildman–Crippen MR) is 238 cm³/mol. The molecule has 0 spiro atoms. The number of nitrogens with one attached hydrogen (secondary N) is 1. The zero-order valence-corrected chi connectivity index (χ0v) is 31.6. The molecule has 0 bridgehead atoms. The summed E-state index contributed by atoms with van der Waals surface area (Å²) >= 11 is 0. The molecule has 0 saturated carbocycles. The Morgan fingerprint density at radius 1 is 0.362 bits per heavy atom. The fourth-order valence-electron chi connectivity index (χ4n) is 7.65. The molecule has 1 unspecified atom stereocenters. The van der Waals surface area contributed by atoms with E-state index in [1.54, 1.807) is 0 Å². The Morgan fingerprint density at radius 2 is 0.828 bits per heavy atom. The van der Waals surface area contributed by atoms with Gasteiger partial charge < -0.3 is 5.32 Å². The van der Waals surface area contributed by atoms with Gasteiger partial charge in [0, 0.05) is 22.3 Å². The molecule has 5 heteroatoms. The van der Waals surface area contributed by atoms with E-state index < -0.39 is 0 Å². The standard InChI is InChI=1S/C53H37N5/c1-5-16-38(17-6-1)47-35-48(55-50(54-47)41-18-7-2-8-19-41)39-27-25-37(26-28-39)46-34-33-36-15-13-14-24-45(36)49(46)40-29-31-44(32-30-40)53-57-51(42-20-9-3-10-21-42)56-52(58-53)43-22-11-4-12-23-43/h1-35,47H,(H,54,55). The monoisotopic (exact) mass is 743 g/mol. The van der Waals surface area contributed by atoms with Gasteiger partial charge in [0.05, 0.1) is 11.7 Å². The van der Waals surface area contributed by atoms with Crippen LogP contribution in [0.5, 0.6) is 0 Å². The van der Waals surface area contributed by atoms with Crippen molar-refractivity contribution in [2.75, 3.05) is 0 Å². The number of nitrogens with zero attached hydrogens (tertiary/aromatic N) is 4. The highest BCUT2D eigenvalue weighted by atomic mass is 15.1. The Balaban J connectivity index is 1.03. The Labute approximate surface area is 337 Å². The third-order valence-corrected chi connectivity index (χ3v) is 10.6. The molecule has 274 valence electrons. The van der Waals surface area contributed by atoms with E-state index >= 15 is 0 Å². The zero-order chi connectivity index (χ0) is 38.7. The van der Waals surface area contributed by atoms with Crippen LogP contribution in [0.1, 0.15) is 22.7 Å². The molecule has 2 heterocycles. The largest absolute Gasteiger partial charge is 0.359 e. The second-order valence-electron chi connectivity index (χ2n) is 14.3. The van der Waals surface area contributed by atoms with Crippen molar-refractivity contribution in [2.45, 2.75) is 6.04 Å². The first kappa shape index (κ1) is 34.7. The van der Waals surface area contributed by atoms with Crippen LogP contribution in [0.15, 0.2) is 217 Å². The van der Waals surface area contributed by atoms with E-state index in [1.165, 1.54) is 21.9 Å². The lowest BCUT2D eigenvalue weighted by molar-refractivity contribution is 0.781. The molecule has 8 aromatic carbocycles. The van der Waals surface area contributed by atoms with E-state index in [0.29, 0.717) is 17.5 Å². The molecular weight excluding hydrogens is 707 g/mol. The molecule has 1 aliphatic rings. The van der Waals surface area contributed by atoms with Crippen LogP contribution in [0, 0.1) is 0 Å². The molecule has 1 aliphatic heterocycles. The van der Waals surface area contributed by atoms with Crippen molar-refractivity contribution in [3.05, 3.63) is 229 Å². The lowest BCUT2D eigenvalue weighted by Gasteiger charge is -2.24. The fourth-order valence-corrected chi connectivity index (χ4v) is 7.65. The van der Waals surface area contributed by atoms with Crippen LogP contribution < -0.4 is 5.32 Å². The molecule has 0 radical (unpaired) electrons. The summed E-state index contributed by atoms with van der Waals surface area (Å²) in [5, 5.41) is 6.04. The van der Waals surface area contributed by atoms with Gasteiger partial charge in [0.2, 0.25) is 0 Å². The van der Waals surface area contributed by atoms with Crippen LogP contribution in [-0.4, -0.2) is 20.8 Å². The molecule has 0 fully saturated rings. The van der Waals surface area contributed by atoms with Crippen LogP contribution in [-0.2, 0) is 0 Å². The summed E-state index contributed by atoms with van der Waals surface area (Å²) in [7, 11) is 0. The van der Waals surface area contributed by atoms with Crippen molar-refractivity contribution < 1.29 is 0 Å². The van der Waals surface area contributed by atoms with Gasteiger partial charge in [0.15, 0.2) is 17.5 Å². The first-order valence-corrected chi connectivity index (χ1v) is 19.5. The topological polar surface area (TPSA) is 63.1 Å². The first-order valence-electron chi connectivity index (χ1n) is 19.5. The van der Waals surface area contributed by atoms with Gasteiger partial charge in [-0.25, -0.2) is 19.9 Å². The number of rotatable bonds is 8. The highest BCUT2D eigenvalue weighted by molar-refractivity contribution is 6.05. The van der Waals surface area contributed by atoms with E-state index in [2.05, 4.69) is 151 Å². The average molecular weight is 744 g/mol. The van der Waals surface area contributed by atoms with Crippen molar-refractivity contribution in [2.24, 2.45) is 4.99 Å². The second-order valence-corrected chi connectivity index (χ2v) is 14.3. The van der Waals surface area contributed by atoms with Crippen LogP contribution in [0.2, 0.25) is 0 Å². The lowest BCUT2D eigenvalue weighted by atomic mass is 9.89. The molecule has 1 aromatic heterocycles. The van der Waals surface area contributed by atoms with E-state index in [0.717, 1.165) is 56.0 Å². The Bertz CT molecular complexity index is 2870. The number of hydrogen-bond donors (Lipinski definition) is 1. The van der Waals surface area contributed by atoms with Gasteiger partial charge in [-0.2, -0.15) is 0 Å². The number of fused-ring (bicyclic) bond motifs is 1. The summed E-state index contributed by atoms with van der Waals surface area (Å²) in [6.45, 7) is 0. The molecule has 10 rings (SSSR count). The number of amidine groups is 1. The molecule has 58 heavy (non-hydrogen) atoms. The zero-order valence-electron chi connectivity index (χ0n) is 31.6. The van der Waals surface area contributed by atoms with Crippen LogP contribution >= 0.6 is 0 Å². The molecule has 0 saturated heterocycles. The predicted octanol–water partition coefficient (Wildman–Crippen LogP) is 12.5. The van der Waals surface area contributed by atoms with Gasteiger partial charge in [0.1, 0.15) is 5.84 Å². The molecular formula is C53H37N5. The van der Waals surface area contributed by atoms with Crippen LogP contribution in [0.25, 0.3) is 72.9 Å². The van der Waals surface area contributed by atoms with Gasteiger partial charge in [-0.3, -0.25) is 0 Å². The summed E-state index contributed by atoms with van der Waals surface area (Å²) in [5.41, 5.74) is 11.7. The summed E-state index contributed by atoms with van der Waals surface area (Å²) in [4.78, 5) is 20.0. The highest BCUT2D eigenvalue weighted by Crippen LogP contribution is 2.40. The minimum atomic E-state index is -0.00829. The highest BCUT2D eigenvalue weighted by Gasteiger charge is 2.20. The van der Waals surface area contributed by atoms with Crippen molar-refractivity contribution >= 4 is 22.3 Å². The molecule has 0 amide bonds. The number of benzene rings is 8. The molecule has 1 atom stereocenters. The lowest BCUT2D eigenvalue weighted by Crippen LogP contribution is -2.31.